The van der Waals surface area contributed by atoms with Crippen LogP contribution in [0.25, 0.3) is 5.70 Å². The highest BCUT2D eigenvalue weighted by Gasteiger charge is 2.35. The second-order valence-electron chi connectivity index (χ2n) is 7.36. The second-order valence-corrected chi connectivity index (χ2v) is 8.52. The summed E-state index contributed by atoms with van der Waals surface area (Å²) in [5.41, 5.74) is 2.02. The predicted molar refractivity (Wildman–Crippen MR) is 123 cm³/mol. The molecule has 0 aliphatic heterocycles. The molecule has 1 N–H and O–H groups in total. The maximum absolute atomic E-state index is 13.2. The summed E-state index contributed by atoms with van der Waals surface area (Å²) in [6.07, 6.45) is 9.90. The molecule has 0 heterocycles. The molecular weight excluding hydrogens is 447 g/mol. The molecule has 4 heteroatoms. The molecule has 1 aromatic rings. The van der Waals surface area contributed by atoms with Crippen molar-refractivity contribution in [3.63, 3.8) is 0 Å². The Labute approximate surface area is 178 Å². The van der Waals surface area contributed by atoms with E-state index < -0.39 is 0 Å². The number of amides is 1. The first kappa shape index (κ1) is 22.0. The smallest absolute Gasteiger partial charge is 0.243 e. The van der Waals surface area contributed by atoms with Crippen molar-refractivity contribution < 1.29 is 4.79 Å². The van der Waals surface area contributed by atoms with E-state index in [0.29, 0.717) is 12.5 Å². The average molecular weight is 480 g/mol. The number of carbonyl (C=O) groups excluding carboxylic acids is 1. The van der Waals surface area contributed by atoms with E-state index in [1.807, 2.05) is 18.2 Å². The van der Waals surface area contributed by atoms with E-state index in [4.69, 9.17) is 0 Å². The third-order valence-corrected chi connectivity index (χ3v) is 6.33. The molecule has 0 aromatic heterocycles. The first-order valence-electron chi connectivity index (χ1n) is 10.2. The van der Waals surface area contributed by atoms with Crippen LogP contribution >= 0.6 is 22.6 Å². The van der Waals surface area contributed by atoms with Gasteiger partial charge >= 0.3 is 0 Å². The van der Waals surface area contributed by atoms with Crippen molar-refractivity contribution in [3.05, 3.63) is 52.6 Å². The van der Waals surface area contributed by atoms with E-state index in [0.717, 1.165) is 47.1 Å². The summed E-state index contributed by atoms with van der Waals surface area (Å²) >= 11 is 2.35. The molecule has 1 aliphatic carbocycles. The zero-order chi connectivity index (χ0) is 19.6. The van der Waals surface area contributed by atoms with Crippen LogP contribution in [0, 0.1) is 9.49 Å². The molecule has 0 bridgehead atoms. The zero-order valence-corrected chi connectivity index (χ0v) is 18.7. The van der Waals surface area contributed by atoms with Crippen LogP contribution in [0.4, 0.5) is 0 Å². The molecule has 0 radical (unpaired) electrons. The lowest BCUT2D eigenvalue weighted by molar-refractivity contribution is -0.127. The summed E-state index contributed by atoms with van der Waals surface area (Å²) < 4.78 is 1.16. The SMILES string of the molecule is C=CCN(C(=C)c1ccccc1I)C(C(=O)NCCCC)C1CCCCC1. The van der Waals surface area contributed by atoms with Crippen molar-refractivity contribution in [2.45, 2.75) is 57.9 Å². The normalized spacial score (nSPS) is 15.8. The first-order chi connectivity index (χ1) is 13.1. The van der Waals surface area contributed by atoms with Gasteiger partial charge in [-0.3, -0.25) is 4.79 Å². The average Bonchev–Trinajstić information content (AvgIpc) is 2.68. The molecule has 3 nitrogen and oxygen atoms in total. The molecule has 1 fully saturated rings. The Hall–Kier alpha value is -1.30. The third kappa shape index (κ3) is 6.09. The van der Waals surface area contributed by atoms with Gasteiger partial charge in [-0.2, -0.15) is 0 Å². The van der Waals surface area contributed by atoms with Crippen LogP contribution in [0.5, 0.6) is 0 Å². The molecule has 0 spiro atoms. The van der Waals surface area contributed by atoms with Crippen LogP contribution < -0.4 is 5.32 Å². The third-order valence-electron chi connectivity index (χ3n) is 5.39. The minimum Gasteiger partial charge on any atom is -0.355 e. The van der Waals surface area contributed by atoms with Gasteiger partial charge in [-0.1, -0.05) is 63.5 Å². The Morgan fingerprint density at radius 2 is 2.04 bits per heavy atom. The Balaban J connectivity index is 2.31. The van der Waals surface area contributed by atoms with Crippen LogP contribution in [0.1, 0.15) is 57.4 Å². The van der Waals surface area contributed by atoms with E-state index >= 15 is 0 Å². The Morgan fingerprint density at radius 3 is 2.67 bits per heavy atom. The van der Waals surface area contributed by atoms with Crippen molar-refractivity contribution in [2.24, 2.45) is 5.92 Å². The van der Waals surface area contributed by atoms with E-state index in [2.05, 4.69) is 65.0 Å². The Kier molecular flexibility index (Phi) is 9.39. The number of nitrogens with one attached hydrogen (secondary N) is 1. The van der Waals surface area contributed by atoms with Crippen LogP contribution in [-0.4, -0.2) is 29.9 Å². The van der Waals surface area contributed by atoms with Crippen molar-refractivity contribution in [1.82, 2.24) is 10.2 Å². The highest BCUT2D eigenvalue weighted by Crippen LogP contribution is 2.33. The number of hydrogen-bond donors (Lipinski definition) is 1. The fraction of sp³-hybridized carbons (Fsp3) is 0.522. The van der Waals surface area contributed by atoms with E-state index in [1.54, 1.807) is 0 Å². The largest absolute Gasteiger partial charge is 0.355 e. The van der Waals surface area contributed by atoms with Crippen LogP contribution in [0.15, 0.2) is 43.5 Å². The Bertz CT molecular complexity index is 637. The van der Waals surface area contributed by atoms with Crippen LogP contribution in [-0.2, 0) is 4.79 Å². The number of rotatable bonds is 10. The summed E-state index contributed by atoms with van der Waals surface area (Å²) in [5.74, 6) is 0.516. The number of nitrogens with zero attached hydrogens (tertiary/aromatic N) is 1. The lowest BCUT2D eigenvalue weighted by atomic mass is 9.82. The highest BCUT2D eigenvalue weighted by molar-refractivity contribution is 14.1. The molecule has 1 saturated carbocycles. The van der Waals surface area contributed by atoms with Gasteiger partial charge in [0, 0.05) is 27.9 Å². The lowest BCUT2D eigenvalue weighted by Gasteiger charge is -2.40. The summed E-state index contributed by atoms with van der Waals surface area (Å²) in [6, 6.07) is 8.07. The minimum atomic E-state index is -0.177. The number of benzene rings is 1. The van der Waals surface area contributed by atoms with Crippen molar-refractivity contribution in [2.75, 3.05) is 13.1 Å². The van der Waals surface area contributed by atoms with Gasteiger partial charge in [-0.25, -0.2) is 0 Å². The first-order valence-corrected chi connectivity index (χ1v) is 11.3. The van der Waals surface area contributed by atoms with E-state index in [1.165, 1.54) is 19.3 Å². The molecular formula is C23H33IN2O. The number of unbranched alkanes of at least 4 members (excludes halogenated alkanes) is 1. The molecule has 148 valence electrons. The molecule has 1 atom stereocenters. The molecule has 0 saturated heterocycles. The lowest BCUT2D eigenvalue weighted by Crippen LogP contribution is -2.51. The maximum atomic E-state index is 13.2. The number of hydrogen-bond acceptors (Lipinski definition) is 2. The summed E-state index contributed by atoms with van der Waals surface area (Å²) in [7, 11) is 0. The second kappa shape index (κ2) is 11.5. The van der Waals surface area contributed by atoms with Crippen molar-refractivity contribution in [3.8, 4) is 0 Å². The highest BCUT2D eigenvalue weighted by atomic mass is 127. The standard InChI is InChI=1S/C23H33IN2O/c1-4-6-16-25-23(27)22(19-12-8-7-9-13-19)26(17-5-2)18(3)20-14-10-11-15-21(20)24/h5,10-11,14-15,19,22H,2-4,6-9,12-13,16-17H2,1H3,(H,25,27). The minimum absolute atomic E-state index is 0.143. The Morgan fingerprint density at radius 1 is 1.33 bits per heavy atom. The summed E-state index contributed by atoms with van der Waals surface area (Å²) in [4.78, 5) is 15.4. The molecule has 1 aromatic carbocycles. The van der Waals surface area contributed by atoms with Gasteiger partial charge in [0.15, 0.2) is 0 Å². The van der Waals surface area contributed by atoms with Crippen molar-refractivity contribution >= 4 is 34.2 Å². The molecule has 1 amide bonds. The van der Waals surface area contributed by atoms with Crippen LogP contribution in [0.3, 0.4) is 0 Å². The topological polar surface area (TPSA) is 32.3 Å². The van der Waals surface area contributed by atoms with Gasteiger partial charge in [0.2, 0.25) is 5.91 Å². The molecule has 1 unspecified atom stereocenters. The van der Waals surface area contributed by atoms with Gasteiger partial charge in [-0.15, -0.1) is 6.58 Å². The molecule has 2 rings (SSSR count). The molecule has 1 aliphatic rings. The number of carbonyl (C=O) groups is 1. The maximum Gasteiger partial charge on any atom is 0.243 e. The van der Waals surface area contributed by atoms with Gasteiger partial charge in [-0.05, 0) is 53.8 Å². The summed E-state index contributed by atoms with van der Waals surface area (Å²) in [5, 5.41) is 3.18. The van der Waals surface area contributed by atoms with E-state index in [9.17, 15) is 4.79 Å². The fourth-order valence-electron chi connectivity index (χ4n) is 3.93. The quantitative estimate of drug-likeness (QED) is 0.268. The predicted octanol–water partition coefficient (Wildman–Crippen LogP) is 5.62. The zero-order valence-electron chi connectivity index (χ0n) is 16.6. The van der Waals surface area contributed by atoms with Crippen molar-refractivity contribution in [1.29, 1.82) is 0 Å². The van der Waals surface area contributed by atoms with Crippen LogP contribution in [0.2, 0.25) is 0 Å². The fourth-order valence-corrected chi connectivity index (χ4v) is 4.63. The number of halogens is 1. The molecule has 27 heavy (non-hydrogen) atoms. The summed E-state index contributed by atoms with van der Waals surface area (Å²) in [6.45, 7) is 11.9. The van der Waals surface area contributed by atoms with Gasteiger partial charge in [0.1, 0.15) is 6.04 Å². The van der Waals surface area contributed by atoms with E-state index in [-0.39, 0.29) is 11.9 Å². The monoisotopic (exact) mass is 480 g/mol. The van der Waals surface area contributed by atoms with Gasteiger partial charge < -0.3 is 10.2 Å². The van der Waals surface area contributed by atoms with Gasteiger partial charge in [0.25, 0.3) is 0 Å². The van der Waals surface area contributed by atoms with Gasteiger partial charge in [0.05, 0.1) is 0 Å².